The Kier molecular flexibility index (Phi) is 5.69. The lowest BCUT2D eigenvalue weighted by Gasteiger charge is -2.29. The second kappa shape index (κ2) is 8.09. The smallest absolute Gasteiger partial charge is 0.307 e. The molecule has 0 unspecified atom stereocenters. The minimum Gasteiger partial charge on any atom is -0.469 e. The van der Waals surface area contributed by atoms with E-state index in [1.54, 1.807) is 0 Å². The van der Waals surface area contributed by atoms with Gasteiger partial charge in [0.25, 0.3) is 0 Å². The number of carbonyl (C=O) groups is 3. The van der Waals surface area contributed by atoms with E-state index in [0.717, 1.165) is 35.7 Å². The van der Waals surface area contributed by atoms with Gasteiger partial charge < -0.3 is 15.4 Å². The third-order valence-electron chi connectivity index (χ3n) is 7.19. The van der Waals surface area contributed by atoms with Crippen LogP contribution in [0.25, 0.3) is 0 Å². The monoisotopic (exact) mass is 462 g/mol. The molecule has 1 aromatic carbocycles. The van der Waals surface area contributed by atoms with Gasteiger partial charge in [-0.05, 0) is 60.6 Å². The van der Waals surface area contributed by atoms with E-state index in [0.29, 0.717) is 12.5 Å². The molecule has 3 saturated carbocycles. The molecule has 2 amide bonds. The average Bonchev–Trinajstić information content (AvgIpc) is 3.39. The molecule has 0 aliphatic heterocycles. The van der Waals surface area contributed by atoms with E-state index in [-0.39, 0.29) is 53.9 Å². The number of rotatable bonds is 7. The molecule has 4 atom stereocenters. The molecule has 0 aromatic heterocycles. The Hall–Kier alpha value is -1.89. The summed E-state index contributed by atoms with van der Waals surface area (Å²) in [5.74, 6) is -0.428. The summed E-state index contributed by atoms with van der Waals surface area (Å²) in [4.78, 5) is 37.5. The number of hydrogen-bond acceptors (Lipinski definition) is 4. The quantitative estimate of drug-likeness (QED) is 0.610. The topological polar surface area (TPSA) is 84.5 Å². The normalized spacial score (nSPS) is 28.2. The number of amides is 2. The molecule has 2 N–H and O–H groups in total. The highest BCUT2D eigenvalue weighted by Gasteiger charge is 2.71. The predicted molar refractivity (Wildman–Crippen MR) is 110 cm³/mol. The van der Waals surface area contributed by atoms with E-state index in [2.05, 4.69) is 31.3 Å². The van der Waals surface area contributed by atoms with Gasteiger partial charge in [-0.25, -0.2) is 0 Å². The standard InChI is InChI=1S/C22H27BrN2O4/c1-29-17(26)8-11-24-20(27)18-15-6-7-16(22(15)9-10-22)19(18)21(28)25-12-13-2-4-14(23)5-3-13/h2-5,15-16,18-19H,6-12H2,1H3,(H,24,27)(H,25,28)/t15-,16+,18-,19-/m1/s1. The van der Waals surface area contributed by atoms with Crippen LogP contribution in [0.5, 0.6) is 0 Å². The molecule has 6 nitrogen and oxygen atoms in total. The molecule has 3 fully saturated rings. The van der Waals surface area contributed by atoms with Crippen molar-refractivity contribution >= 4 is 33.7 Å². The molecule has 1 aromatic rings. The SMILES string of the molecule is COC(=O)CCNC(=O)[C@H]1[C@H](C(=O)NCc2ccc(Br)cc2)[C@@H]2CC[C@H]1C21CC1. The van der Waals surface area contributed by atoms with Crippen molar-refractivity contribution in [2.75, 3.05) is 13.7 Å². The van der Waals surface area contributed by atoms with Crippen LogP contribution in [0.4, 0.5) is 0 Å². The zero-order valence-corrected chi connectivity index (χ0v) is 18.2. The molecular weight excluding hydrogens is 436 g/mol. The first-order valence-corrected chi connectivity index (χ1v) is 11.1. The van der Waals surface area contributed by atoms with Gasteiger partial charge in [-0.3, -0.25) is 14.4 Å². The summed E-state index contributed by atoms with van der Waals surface area (Å²) in [5, 5.41) is 5.95. The lowest BCUT2D eigenvalue weighted by atomic mass is 9.78. The van der Waals surface area contributed by atoms with Crippen LogP contribution in [0.1, 0.15) is 37.7 Å². The molecular formula is C22H27BrN2O4. The number of benzene rings is 1. The fourth-order valence-electron chi connectivity index (χ4n) is 5.78. The third-order valence-corrected chi connectivity index (χ3v) is 7.72. The van der Waals surface area contributed by atoms with Crippen molar-refractivity contribution in [1.82, 2.24) is 10.6 Å². The van der Waals surface area contributed by atoms with Gasteiger partial charge in [0.05, 0.1) is 25.4 Å². The minimum absolute atomic E-state index is 0.0143. The number of carbonyl (C=O) groups excluding carboxylic acids is 3. The number of methoxy groups -OCH3 is 1. The van der Waals surface area contributed by atoms with Crippen molar-refractivity contribution in [1.29, 1.82) is 0 Å². The van der Waals surface area contributed by atoms with E-state index in [4.69, 9.17) is 0 Å². The Morgan fingerprint density at radius 1 is 1.03 bits per heavy atom. The van der Waals surface area contributed by atoms with Crippen LogP contribution < -0.4 is 10.6 Å². The van der Waals surface area contributed by atoms with Crippen molar-refractivity contribution in [2.45, 2.75) is 38.6 Å². The molecule has 29 heavy (non-hydrogen) atoms. The van der Waals surface area contributed by atoms with Crippen LogP contribution >= 0.6 is 15.9 Å². The fourth-order valence-corrected chi connectivity index (χ4v) is 6.04. The molecule has 3 aliphatic carbocycles. The zero-order chi connectivity index (χ0) is 20.6. The first-order chi connectivity index (χ1) is 14.0. The van der Waals surface area contributed by atoms with Gasteiger partial charge in [0.1, 0.15) is 0 Å². The van der Waals surface area contributed by atoms with Gasteiger partial charge >= 0.3 is 5.97 Å². The molecule has 0 radical (unpaired) electrons. The highest BCUT2D eigenvalue weighted by Crippen LogP contribution is 2.74. The van der Waals surface area contributed by atoms with Crippen LogP contribution in [0, 0.1) is 29.1 Å². The van der Waals surface area contributed by atoms with Crippen LogP contribution in [0.2, 0.25) is 0 Å². The predicted octanol–water partition coefficient (Wildman–Crippen LogP) is 2.80. The maximum Gasteiger partial charge on any atom is 0.307 e. The van der Waals surface area contributed by atoms with E-state index < -0.39 is 0 Å². The van der Waals surface area contributed by atoms with E-state index in [1.165, 1.54) is 7.11 Å². The Labute approximate surface area is 179 Å². The molecule has 4 rings (SSSR count). The fraction of sp³-hybridized carbons (Fsp3) is 0.591. The summed E-state index contributed by atoms with van der Waals surface area (Å²) in [5.41, 5.74) is 1.23. The first-order valence-electron chi connectivity index (χ1n) is 10.3. The molecule has 2 bridgehead atoms. The lowest BCUT2D eigenvalue weighted by Crippen LogP contribution is -2.45. The molecule has 0 saturated heterocycles. The number of halogens is 1. The van der Waals surface area contributed by atoms with Gasteiger partial charge in [0.15, 0.2) is 0 Å². The van der Waals surface area contributed by atoms with Crippen molar-refractivity contribution < 1.29 is 19.1 Å². The number of hydrogen-bond donors (Lipinski definition) is 2. The maximum atomic E-state index is 13.2. The molecule has 1 spiro atoms. The summed E-state index contributed by atoms with van der Waals surface area (Å²) in [6.45, 7) is 0.712. The van der Waals surface area contributed by atoms with Gasteiger partial charge in [-0.1, -0.05) is 28.1 Å². The van der Waals surface area contributed by atoms with Gasteiger partial charge in [0.2, 0.25) is 11.8 Å². The van der Waals surface area contributed by atoms with Crippen LogP contribution in [-0.4, -0.2) is 31.4 Å². The van der Waals surface area contributed by atoms with Gasteiger partial charge in [0, 0.05) is 17.6 Å². The van der Waals surface area contributed by atoms with Crippen LogP contribution in [-0.2, 0) is 25.7 Å². The van der Waals surface area contributed by atoms with Crippen molar-refractivity contribution in [2.24, 2.45) is 29.1 Å². The molecule has 7 heteroatoms. The van der Waals surface area contributed by atoms with Crippen molar-refractivity contribution in [3.05, 3.63) is 34.3 Å². The maximum absolute atomic E-state index is 13.2. The molecule has 156 valence electrons. The average molecular weight is 463 g/mol. The summed E-state index contributed by atoms with van der Waals surface area (Å²) >= 11 is 3.42. The Balaban J connectivity index is 1.43. The third kappa shape index (κ3) is 3.81. The lowest BCUT2D eigenvalue weighted by molar-refractivity contribution is -0.141. The summed E-state index contributed by atoms with van der Waals surface area (Å²) in [6.07, 6.45) is 4.47. The van der Waals surface area contributed by atoms with Crippen LogP contribution in [0.3, 0.4) is 0 Å². The number of ether oxygens (including phenoxy) is 1. The second-order valence-corrected chi connectivity index (χ2v) is 9.45. The minimum atomic E-state index is -0.347. The first kappa shape index (κ1) is 20.4. The van der Waals surface area contributed by atoms with Gasteiger partial charge in [-0.2, -0.15) is 0 Å². The van der Waals surface area contributed by atoms with Crippen LogP contribution in [0.15, 0.2) is 28.7 Å². The largest absolute Gasteiger partial charge is 0.469 e. The van der Waals surface area contributed by atoms with Crippen molar-refractivity contribution in [3.8, 4) is 0 Å². The van der Waals surface area contributed by atoms with Gasteiger partial charge in [-0.15, -0.1) is 0 Å². The van der Waals surface area contributed by atoms with E-state index >= 15 is 0 Å². The summed E-state index contributed by atoms with van der Waals surface area (Å²) in [6, 6.07) is 7.86. The highest BCUT2D eigenvalue weighted by atomic mass is 79.9. The summed E-state index contributed by atoms with van der Waals surface area (Å²) in [7, 11) is 1.34. The Morgan fingerprint density at radius 3 is 2.17 bits per heavy atom. The van der Waals surface area contributed by atoms with E-state index in [9.17, 15) is 14.4 Å². The summed E-state index contributed by atoms with van der Waals surface area (Å²) < 4.78 is 5.63. The highest BCUT2D eigenvalue weighted by molar-refractivity contribution is 9.10. The number of nitrogens with one attached hydrogen (secondary N) is 2. The molecule has 0 heterocycles. The number of esters is 1. The Morgan fingerprint density at radius 2 is 1.62 bits per heavy atom. The zero-order valence-electron chi connectivity index (χ0n) is 16.6. The van der Waals surface area contributed by atoms with E-state index in [1.807, 2.05) is 24.3 Å². The Bertz CT molecular complexity index is 806. The second-order valence-electron chi connectivity index (χ2n) is 8.54. The van der Waals surface area contributed by atoms with Crippen molar-refractivity contribution in [3.63, 3.8) is 0 Å². The molecule has 3 aliphatic rings.